The summed E-state index contributed by atoms with van der Waals surface area (Å²) in [6.45, 7) is 0. The highest BCUT2D eigenvalue weighted by molar-refractivity contribution is 7.99. The van der Waals surface area contributed by atoms with Crippen LogP contribution in [-0.2, 0) is 11.2 Å². The highest BCUT2D eigenvalue weighted by atomic mass is 32.2. The number of ketones is 1. The van der Waals surface area contributed by atoms with Crippen LogP contribution in [0.2, 0.25) is 0 Å². The van der Waals surface area contributed by atoms with Gasteiger partial charge in [0.2, 0.25) is 0 Å². The first kappa shape index (κ1) is 10.3. The maximum Gasteiger partial charge on any atom is 0.143 e. The van der Waals surface area contributed by atoms with Gasteiger partial charge in [-0.2, -0.15) is 11.8 Å². The van der Waals surface area contributed by atoms with Gasteiger partial charge in [-0.25, -0.2) is 0 Å². The molecular weight excluding hydrogens is 180 g/mol. The molecule has 1 nitrogen and oxygen atoms in total. The summed E-state index contributed by atoms with van der Waals surface area (Å²) in [4.78, 5) is 11.2. The van der Waals surface area contributed by atoms with Crippen LogP contribution in [0.25, 0.3) is 0 Å². The minimum absolute atomic E-state index is 0.344. The fraction of sp³-hybridized carbons (Fsp3) is 0.364. The number of aryl methyl sites for hydroxylation is 1. The monoisotopic (exact) mass is 194 g/mol. The first-order chi connectivity index (χ1) is 6.33. The Balaban J connectivity index is 2.31. The van der Waals surface area contributed by atoms with Crippen molar-refractivity contribution in [3.05, 3.63) is 35.9 Å². The predicted octanol–water partition coefficient (Wildman–Crippen LogP) is 2.55. The highest BCUT2D eigenvalue weighted by Crippen LogP contribution is 2.04. The average Bonchev–Trinajstić information content (AvgIpc) is 2.17. The van der Waals surface area contributed by atoms with Gasteiger partial charge in [0.05, 0.1) is 5.75 Å². The molecule has 70 valence electrons. The molecule has 1 rings (SSSR count). The van der Waals surface area contributed by atoms with Crippen molar-refractivity contribution in [1.29, 1.82) is 0 Å². The molecule has 0 saturated heterocycles. The third-order valence-corrected chi connectivity index (χ3v) is 2.45. The van der Waals surface area contributed by atoms with E-state index in [1.807, 2.05) is 24.5 Å². The molecule has 0 aliphatic rings. The Morgan fingerprint density at radius 1 is 1.31 bits per heavy atom. The van der Waals surface area contributed by atoms with E-state index in [9.17, 15) is 4.79 Å². The fourth-order valence-corrected chi connectivity index (χ4v) is 1.63. The van der Waals surface area contributed by atoms with E-state index in [0.717, 1.165) is 6.42 Å². The zero-order valence-electron chi connectivity index (χ0n) is 7.82. The van der Waals surface area contributed by atoms with Crippen LogP contribution >= 0.6 is 11.8 Å². The molecule has 13 heavy (non-hydrogen) atoms. The fourth-order valence-electron chi connectivity index (χ4n) is 1.16. The third kappa shape index (κ3) is 4.13. The maximum atomic E-state index is 11.2. The first-order valence-electron chi connectivity index (χ1n) is 4.37. The predicted molar refractivity (Wildman–Crippen MR) is 58.2 cm³/mol. The largest absolute Gasteiger partial charge is 0.299 e. The minimum atomic E-state index is 0.344. The van der Waals surface area contributed by atoms with Crippen LogP contribution in [0.5, 0.6) is 0 Å². The average molecular weight is 194 g/mol. The molecule has 0 heterocycles. The molecule has 0 saturated carbocycles. The number of benzene rings is 1. The van der Waals surface area contributed by atoms with Gasteiger partial charge in [0.1, 0.15) is 5.78 Å². The second-order valence-corrected chi connectivity index (χ2v) is 3.82. The Kier molecular flexibility index (Phi) is 4.61. The van der Waals surface area contributed by atoms with Gasteiger partial charge in [0.25, 0.3) is 0 Å². The van der Waals surface area contributed by atoms with E-state index in [-0.39, 0.29) is 0 Å². The number of hydrogen-bond donors (Lipinski definition) is 0. The summed E-state index contributed by atoms with van der Waals surface area (Å²) < 4.78 is 0. The van der Waals surface area contributed by atoms with Gasteiger partial charge in [-0.15, -0.1) is 0 Å². The Labute approximate surface area is 83.5 Å². The Bertz CT molecular complexity index is 256. The van der Waals surface area contributed by atoms with Crippen LogP contribution < -0.4 is 0 Å². The third-order valence-electron chi connectivity index (χ3n) is 1.84. The van der Waals surface area contributed by atoms with Crippen LogP contribution in [-0.4, -0.2) is 17.8 Å². The number of Topliss-reactive ketones (excluding diaryl/α,β-unsaturated/α-hetero) is 1. The summed E-state index contributed by atoms with van der Waals surface area (Å²) in [7, 11) is 0. The number of rotatable bonds is 5. The topological polar surface area (TPSA) is 17.1 Å². The summed E-state index contributed by atoms with van der Waals surface area (Å²) in [6.07, 6.45) is 3.51. The lowest BCUT2D eigenvalue weighted by atomic mass is 10.1. The molecule has 0 N–H and O–H groups in total. The van der Waals surface area contributed by atoms with E-state index >= 15 is 0 Å². The summed E-state index contributed by atoms with van der Waals surface area (Å²) in [5, 5.41) is 0. The van der Waals surface area contributed by atoms with Crippen molar-refractivity contribution in [2.75, 3.05) is 12.0 Å². The van der Waals surface area contributed by atoms with Gasteiger partial charge in [-0.1, -0.05) is 30.3 Å². The number of carbonyl (C=O) groups is 1. The van der Waals surface area contributed by atoms with Crippen molar-refractivity contribution in [3.63, 3.8) is 0 Å². The molecule has 0 fully saturated rings. The molecule has 0 spiro atoms. The van der Waals surface area contributed by atoms with Crippen molar-refractivity contribution >= 4 is 17.5 Å². The van der Waals surface area contributed by atoms with Crippen molar-refractivity contribution in [2.24, 2.45) is 0 Å². The van der Waals surface area contributed by atoms with Crippen LogP contribution in [0.3, 0.4) is 0 Å². The molecule has 0 aliphatic heterocycles. The molecule has 0 aliphatic carbocycles. The minimum Gasteiger partial charge on any atom is -0.299 e. The highest BCUT2D eigenvalue weighted by Gasteiger charge is 2.00. The van der Waals surface area contributed by atoms with E-state index in [1.165, 1.54) is 5.56 Å². The van der Waals surface area contributed by atoms with Crippen LogP contribution in [0, 0.1) is 0 Å². The van der Waals surface area contributed by atoms with Crippen molar-refractivity contribution in [2.45, 2.75) is 12.8 Å². The summed E-state index contributed by atoms with van der Waals surface area (Å²) in [5.74, 6) is 0.990. The van der Waals surface area contributed by atoms with E-state index in [4.69, 9.17) is 0 Å². The SMILES string of the molecule is CSCC(=O)CCc1ccccc1. The number of hydrogen-bond acceptors (Lipinski definition) is 2. The smallest absolute Gasteiger partial charge is 0.143 e. The number of carbonyl (C=O) groups excluding carboxylic acids is 1. The van der Waals surface area contributed by atoms with Gasteiger partial charge >= 0.3 is 0 Å². The van der Waals surface area contributed by atoms with Crippen molar-refractivity contribution in [3.8, 4) is 0 Å². The maximum absolute atomic E-state index is 11.2. The molecule has 0 amide bonds. The molecule has 0 aromatic heterocycles. The molecule has 0 bridgehead atoms. The van der Waals surface area contributed by atoms with E-state index < -0.39 is 0 Å². The first-order valence-corrected chi connectivity index (χ1v) is 5.77. The van der Waals surface area contributed by atoms with Crippen LogP contribution in [0.15, 0.2) is 30.3 Å². The van der Waals surface area contributed by atoms with E-state index in [2.05, 4.69) is 12.1 Å². The Morgan fingerprint density at radius 3 is 2.62 bits per heavy atom. The molecule has 1 aromatic carbocycles. The summed E-state index contributed by atoms with van der Waals surface area (Å²) in [5.41, 5.74) is 1.25. The van der Waals surface area contributed by atoms with Gasteiger partial charge in [-0.05, 0) is 18.2 Å². The van der Waals surface area contributed by atoms with Gasteiger partial charge in [0, 0.05) is 6.42 Å². The molecule has 0 radical (unpaired) electrons. The number of thioether (sulfide) groups is 1. The van der Waals surface area contributed by atoms with Gasteiger partial charge in [-0.3, -0.25) is 4.79 Å². The second kappa shape index (κ2) is 5.81. The van der Waals surface area contributed by atoms with Crippen LogP contribution in [0.4, 0.5) is 0 Å². The molecule has 0 unspecified atom stereocenters. The zero-order chi connectivity index (χ0) is 9.52. The Hall–Kier alpha value is -0.760. The second-order valence-electron chi connectivity index (χ2n) is 2.96. The summed E-state index contributed by atoms with van der Waals surface area (Å²) >= 11 is 1.60. The normalized spacial score (nSPS) is 9.92. The Morgan fingerprint density at radius 2 is 2.00 bits per heavy atom. The van der Waals surface area contributed by atoms with Gasteiger partial charge < -0.3 is 0 Å². The molecule has 2 heteroatoms. The van der Waals surface area contributed by atoms with Crippen molar-refractivity contribution in [1.82, 2.24) is 0 Å². The zero-order valence-corrected chi connectivity index (χ0v) is 8.64. The lowest BCUT2D eigenvalue weighted by Gasteiger charge is -1.99. The molecule has 0 atom stereocenters. The van der Waals surface area contributed by atoms with Crippen LogP contribution in [0.1, 0.15) is 12.0 Å². The summed E-state index contributed by atoms with van der Waals surface area (Å²) in [6, 6.07) is 10.1. The van der Waals surface area contributed by atoms with Crippen molar-refractivity contribution < 1.29 is 4.79 Å². The standard InChI is InChI=1S/C11H14OS/c1-13-9-11(12)8-7-10-5-3-2-4-6-10/h2-6H,7-9H2,1H3. The van der Waals surface area contributed by atoms with Gasteiger partial charge in [0.15, 0.2) is 0 Å². The van der Waals surface area contributed by atoms with E-state index in [1.54, 1.807) is 11.8 Å². The molecular formula is C11H14OS. The lowest BCUT2D eigenvalue weighted by Crippen LogP contribution is -2.02. The van der Waals surface area contributed by atoms with E-state index in [0.29, 0.717) is 18.0 Å². The molecule has 1 aromatic rings. The lowest BCUT2D eigenvalue weighted by molar-refractivity contribution is -0.116. The quantitative estimate of drug-likeness (QED) is 0.716.